The Morgan fingerprint density at radius 1 is 1.16 bits per heavy atom. The fraction of sp³-hybridized carbons (Fsp3) is 0.519. The quantitative estimate of drug-likeness (QED) is 0.349. The van der Waals surface area contributed by atoms with Crippen LogP contribution < -0.4 is 15.9 Å². The second kappa shape index (κ2) is 10.5. The predicted molar refractivity (Wildman–Crippen MR) is 149 cm³/mol. The molecule has 1 aliphatic rings. The van der Waals surface area contributed by atoms with Gasteiger partial charge in [0, 0.05) is 44.3 Å². The minimum Gasteiger partial charge on any atom is -0.362 e. The van der Waals surface area contributed by atoms with E-state index < -0.39 is 0 Å². The maximum atomic E-state index is 13.0. The molecule has 1 fully saturated rings. The van der Waals surface area contributed by atoms with Crippen LogP contribution in [0.15, 0.2) is 35.3 Å². The van der Waals surface area contributed by atoms with Gasteiger partial charge in [-0.05, 0) is 44.4 Å². The number of hydroxylamine groups is 1. The monoisotopic (exact) mass is 523 g/mol. The minimum absolute atomic E-state index is 0.0435. The molecule has 4 heterocycles. The van der Waals surface area contributed by atoms with Crippen LogP contribution in [0.2, 0.25) is 0 Å². The number of aryl methyl sites for hydroxylation is 2. The number of aromatic nitrogens is 4. The zero-order valence-electron chi connectivity index (χ0n) is 22.6. The molecule has 37 heavy (non-hydrogen) atoms. The second-order valence-corrected chi connectivity index (χ2v) is 11.2. The average Bonchev–Trinajstić information content (AvgIpc) is 3.50. The third-order valence-corrected chi connectivity index (χ3v) is 8.69. The lowest BCUT2D eigenvalue weighted by Crippen LogP contribution is -2.59. The van der Waals surface area contributed by atoms with E-state index in [0.717, 1.165) is 53.5 Å². The predicted octanol–water partition coefficient (Wildman–Crippen LogP) is 4.04. The lowest BCUT2D eigenvalue weighted by atomic mass is 9.96. The molecule has 0 radical (unpaired) electrons. The van der Waals surface area contributed by atoms with Crippen LogP contribution in [-0.2, 0) is 18.4 Å². The molecular weight excluding hydrogens is 486 g/mol. The smallest absolute Gasteiger partial charge is 0.267 e. The lowest BCUT2D eigenvalue weighted by molar-refractivity contribution is 0.0859. The number of piperazine rings is 1. The summed E-state index contributed by atoms with van der Waals surface area (Å²) in [6, 6.07) is 9.37. The Balaban J connectivity index is 1.49. The third-order valence-electron chi connectivity index (χ3n) is 7.76. The highest BCUT2D eigenvalue weighted by molar-refractivity contribution is 7.18. The maximum absolute atomic E-state index is 13.0. The number of anilines is 1. The van der Waals surface area contributed by atoms with E-state index in [1.807, 2.05) is 10.7 Å². The van der Waals surface area contributed by atoms with Crippen LogP contribution in [0.3, 0.4) is 0 Å². The normalized spacial score (nSPS) is 19.8. The molecule has 1 aromatic carbocycles. The number of fused-ring (bicyclic) bond motifs is 2. The fourth-order valence-corrected chi connectivity index (χ4v) is 6.48. The van der Waals surface area contributed by atoms with Gasteiger partial charge in [-0.25, -0.2) is 19.2 Å². The van der Waals surface area contributed by atoms with Gasteiger partial charge in [0.2, 0.25) is 0 Å². The van der Waals surface area contributed by atoms with Gasteiger partial charge in [0.05, 0.1) is 46.5 Å². The minimum atomic E-state index is -0.0435. The number of nitrogens with one attached hydrogen (secondary N) is 1. The summed E-state index contributed by atoms with van der Waals surface area (Å²) in [5.41, 5.74) is 7.76. The molecule has 1 unspecified atom stereocenters. The average molecular weight is 524 g/mol. The number of nitrogens with zero attached hydrogens (tertiary/aromatic N) is 6. The van der Waals surface area contributed by atoms with Crippen molar-refractivity contribution >= 4 is 32.9 Å². The molecule has 10 heteroatoms. The summed E-state index contributed by atoms with van der Waals surface area (Å²) in [7, 11) is 3.37. The van der Waals surface area contributed by atoms with Crippen molar-refractivity contribution in [1.29, 1.82) is 0 Å². The zero-order valence-corrected chi connectivity index (χ0v) is 23.4. The highest BCUT2D eigenvalue weighted by atomic mass is 32.1. The van der Waals surface area contributed by atoms with E-state index in [0.29, 0.717) is 12.6 Å². The van der Waals surface area contributed by atoms with Crippen LogP contribution in [-0.4, -0.2) is 56.3 Å². The van der Waals surface area contributed by atoms with Crippen molar-refractivity contribution in [2.45, 2.75) is 65.2 Å². The molecule has 4 aromatic rings. The molecule has 1 saturated heterocycles. The molecular formula is C27H37N7O2S. The number of benzene rings is 1. The number of thiazole rings is 1. The van der Waals surface area contributed by atoms with Gasteiger partial charge in [-0.3, -0.25) is 9.69 Å². The zero-order chi connectivity index (χ0) is 26.3. The van der Waals surface area contributed by atoms with Crippen LogP contribution in [0.5, 0.6) is 0 Å². The number of rotatable bonds is 8. The summed E-state index contributed by atoms with van der Waals surface area (Å²) >= 11 is 1.76. The molecule has 0 amide bonds. The van der Waals surface area contributed by atoms with Crippen LogP contribution in [0.1, 0.15) is 55.9 Å². The molecule has 1 N–H and O–H groups in total. The van der Waals surface area contributed by atoms with E-state index in [4.69, 9.17) is 9.82 Å². The Bertz CT molecular complexity index is 1460. The first-order chi connectivity index (χ1) is 17.8. The molecule has 0 aliphatic carbocycles. The fourth-order valence-electron chi connectivity index (χ4n) is 5.61. The van der Waals surface area contributed by atoms with Gasteiger partial charge >= 0.3 is 0 Å². The van der Waals surface area contributed by atoms with Gasteiger partial charge in [0.25, 0.3) is 5.56 Å². The van der Waals surface area contributed by atoms with Crippen molar-refractivity contribution in [1.82, 2.24) is 29.5 Å². The Morgan fingerprint density at radius 2 is 1.95 bits per heavy atom. The second-order valence-electron chi connectivity index (χ2n) is 9.93. The van der Waals surface area contributed by atoms with Crippen LogP contribution >= 0.6 is 11.3 Å². The Labute approximate surface area is 221 Å². The summed E-state index contributed by atoms with van der Waals surface area (Å²) in [5, 5.41) is 1.10. The van der Waals surface area contributed by atoms with E-state index in [9.17, 15) is 4.79 Å². The summed E-state index contributed by atoms with van der Waals surface area (Å²) in [6.07, 6.45) is 3.91. The molecule has 5 rings (SSSR count). The number of hydrogen-bond acceptors (Lipinski definition) is 8. The van der Waals surface area contributed by atoms with Crippen molar-refractivity contribution in [2.75, 3.05) is 25.1 Å². The van der Waals surface area contributed by atoms with Crippen molar-refractivity contribution in [3.63, 3.8) is 0 Å². The van der Waals surface area contributed by atoms with E-state index in [2.05, 4.69) is 66.2 Å². The molecule has 9 nitrogen and oxygen atoms in total. The maximum Gasteiger partial charge on any atom is 0.267 e. The Kier molecular flexibility index (Phi) is 7.35. The molecule has 3 aromatic heterocycles. The van der Waals surface area contributed by atoms with Crippen molar-refractivity contribution in [3.8, 4) is 0 Å². The van der Waals surface area contributed by atoms with Crippen molar-refractivity contribution < 1.29 is 4.84 Å². The highest BCUT2D eigenvalue weighted by Gasteiger charge is 2.36. The van der Waals surface area contributed by atoms with Gasteiger partial charge in [-0.2, -0.15) is 5.48 Å². The van der Waals surface area contributed by atoms with Gasteiger partial charge in [0.15, 0.2) is 5.65 Å². The highest BCUT2D eigenvalue weighted by Crippen LogP contribution is 2.34. The number of hydrogen-bond donors (Lipinski definition) is 1. The van der Waals surface area contributed by atoms with Gasteiger partial charge in [-0.15, -0.1) is 11.3 Å². The van der Waals surface area contributed by atoms with Crippen LogP contribution in [0.4, 0.5) is 5.69 Å². The molecule has 0 spiro atoms. The van der Waals surface area contributed by atoms with Crippen molar-refractivity contribution in [3.05, 3.63) is 57.1 Å². The van der Waals surface area contributed by atoms with E-state index in [1.165, 1.54) is 10.3 Å². The lowest BCUT2D eigenvalue weighted by Gasteiger charge is -2.49. The van der Waals surface area contributed by atoms with Gasteiger partial charge in [-0.1, -0.05) is 19.9 Å². The Morgan fingerprint density at radius 3 is 2.68 bits per heavy atom. The van der Waals surface area contributed by atoms with Crippen LogP contribution in [0.25, 0.3) is 15.9 Å². The first-order valence-corrected chi connectivity index (χ1v) is 13.9. The molecule has 1 aliphatic heterocycles. The van der Waals surface area contributed by atoms with E-state index in [1.54, 1.807) is 36.2 Å². The van der Waals surface area contributed by atoms with Gasteiger partial charge < -0.3 is 9.74 Å². The molecule has 0 bridgehead atoms. The first-order valence-electron chi connectivity index (χ1n) is 13.1. The number of imidazole rings is 1. The topological polar surface area (TPSA) is 79.9 Å². The van der Waals surface area contributed by atoms with E-state index in [-0.39, 0.29) is 17.6 Å². The Hall–Kier alpha value is -2.79. The summed E-state index contributed by atoms with van der Waals surface area (Å²) in [6.45, 7) is 11.1. The first kappa shape index (κ1) is 25.8. The third kappa shape index (κ3) is 4.79. The SMILES string of the molecule is CC[C@H]1CN(C(C)c2ccc3nc(C)sc3c2)[C@H](CC)CN1c1cc(=O)n(C)n2cc(CNOC)nc12. The molecule has 3 atom stereocenters. The standard InChI is InChI=1S/C27H37N7O2S/c1-7-21-16-33(24-12-26(35)31(5)34-14-20(13-28-36-6)30-27(24)34)22(8-2)15-32(21)17(3)19-9-10-23-25(11-19)37-18(4)29-23/h9-12,14,17,21-22,28H,7-8,13,15-16H2,1-6H3/t17?,21-,22+/m1/s1. The summed E-state index contributed by atoms with van der Waals surface area (Å²) in [5.74, 6) is 0. The summed E-state index contributed by atoms with van der Waals surface area (Å²) < 4.78 is 4.72. The summed E-state index contributed by atoms with van der Waals surface area (Å²) in [4.78, 5) is 32.6. The van der Waals surface area contributed by atoms with Crippen molar-refractivity contribution in [2.24, 2.45) is 7.05 Å². The van der Waals surface area contributed by atoms with E-state index >= 15 is 0 Å². The van der Waals surface area contributed by atoms with Crippen LogP contribution in [0, 0.1) is 6.92 Å². The molecule has 0 saturated carbocycles. The van der Waals surface area contributed by atoms with Gasteiger partial charge in [0.1, 0.15) is 0 Å². The molecule has 198 valence electrons. The largest absolute Gasteiger partial charge is 0.362 e.